The molecule has 3 heterocycles. The Morgan fingerprint density at radius 3 is 2.23 bits per heavy atom. The molecule has 4 rings (SSSR count). The van der Waals surface area contributed by atoms with Crippen molar-refractivity contribution in [2.24, 2.45) is 35.5 Å². The van der Waals surface area contributed by atoms with Crippen molar-refractivity contribution in [2.45, 2.75) is 193 Å². The van der Waals surface area contributed by atoms with Gasteiger partial charge < -0.3 is 53.4 Å². The number of Topliss-reactive ketones (excluding diaryl/α,β-unsaturated/α-hetero) is 3. The van der Waals surface area contributed by atoms with Gasteiger partial charge in [-0.25, -0.2) is 4.79 Å². The van der Waals surface area contributed by atoms with Crippen molar-refractivity contribution in [3.8, 4) is 0 Å². The van der Waals surface area contributed by atoms with Crippen LogP contribution in [-0.2, 0) is 57.1 Å². The minimum Gasteiger partial charge on any atom is -0.460 e. The number of ether oxygens (including phenoxy) is 7. The Balaban J connectivity index is 1.69. The van der Waals surface area contributed by atoms with Crippen molar-refractivity contribution in [1.29, 1.82) is 0 Å². The van der Waals surface area contributed by atoms with Gasteiger partial charge in [0.15, 0.2) is 5.78 Å². The van der Waals surface area contributed by atoms with E-state index in [1.54, 1.807) is 34.0 Å². The fourth-order valence-corrected chi connectivity index (χ4v) is 10.7. The smallest absolute Gasteiger partial charge is 0.329 e. The minimum atomic E-state index is -2.48. The van der Waals surface area contributed by atoms with Crippen LogP contribution in [0.25, 0.3) is 0 Å². The van der Waals surface area contributed by atoms with Crippen LogP contribution >= 0.6 is 0 Å². The highest BCUT2D eigenvalue weighted by Gasteiger charge is 2.53. The molecular weight excluding hydrogens is 939 g/mol. The molecule has 73 heavy (non-hydrogen) atoms. The molecule has 1 unspecified atom stereocenters. The third-order valence-corrected chi connectivity index (χ3v) is 15.5. The zero-order valence-electron chi connectivity index (χ0n) is 45.7. The van der Waals surface area contributed by atoms with Gasteiger partial charge in [-0.05, 0) is 113 Å². The summed E-state index contributed by atoms with van der Waals surface area (Å²) in [4.78, 5) is 72.6. The van der Waals surface area contributed by atoms with Crippen LogP contribution in [0.15, 0.2) is 47.6 Å². The summed E-state index contributed by atoms with van der Waals surface area (Å²) in [6, 6.07) is -1.16. The number of esters is 1. The van der Waals surface area contributed by atoms with Crippen molar-refractivity contribution in [3.05, 3.63) is 47.6 Å². The predicted octanol–water partition coefficient (Wildman–Crippen LogP) is 6.99. The average molecular weight is 1030 g/mol. The predicted molar refractivity (Wildman–Crippen MR) is 276 cm³/mol. The summed E-state index contributed by atoms with van der Waals surface area (Å²) < 4.78 is 41.4. The van der Waals surface area contributed by atoms with Crippen LogP contribution in [0.2, 0.25) is 0 Å². The topological polar surface area (TPSA) is 214 Å². The lowest BCUT2D eigenvalue weighted by Gasteiger charge is -2.43. The van der Waals surface area contributed by atoms with E-state index in [1.807, 2.05) is 65.0 Å². The Hall–Kier alpha value is -3.45. The maximum Gasteiger partial charge on any atom is 0.329 e. The highest BCUT2D eigenvalue weighted by atomic mass is 16.6. The standard InChI is InChI=1S/C57H91NO15/c1-11-25-69-26-27-70-28-29-71-48-34-44-22-20-42(8)57(66,73-44)54(63)55(64)58-24-16-15-19-45(58)56(65)72-49(39(5)32-43-21-23-46(59)50(33-43)67-9)35-47(60)38(4)31-41(7)52(62)53(68-10)51(61)40(6)30-36(2)17-13-12-14-18-37(48)3/h12-14,17-18,31,36,38-40,42-46,48-50,52-53,59,62,66H,11,15-16,19-30,32-35H2,1-10H3/b14-12+,17-13+,37-18+,41-31+/t36-,38-,39-,40-,42-,43+,44+,45+,46-,48?,49+,50-,52-,53+,57-/m1/s1. The summed E-state index contributed by atoms with van der Waals surface area (Å²) in [5.41, 5.74) is 1.23. The monoisotopic (exact) mass is 1030 g/mol. The quantitative estimate of drug-likeness (QED) is 0.0692. The fourth-order valence-electron chi connectivity index (χ4n) is 10.7. The molecule has 414 valence electrons. The van der Waals surface area contributed by atoms with Crippen molar-refractivity contribution >= 4 is 29.2 Å². The van der Waals surface area contributed by atoms with E-state index >= 15 is 0 Å². The van der Waals surface area contributed by atoms with Crippen LogP contribution in [-0.4, -0.2) is 158 Å². The molecule has 15 atom stereocenters. The van der Waals surface area contributed by atoms with E-state index in [0.29, 0.717) is 89.8 Å². The van der Waals surface area contributed by atoms with Gasteiger partial charge >= 0.3 is 5.97 Å². The van der Waals surface area contributed by atoms with E-state index in [2.05, 4.69) is 0 Å². The Morgan fingerprint density at radius 2 is 1.53 bits per heavy atom. The largest absolute Gasteiger partial charge is 0.460 e. The number of hydrogen-bond acceptors (Lipinski definition) is 15. The number of amides is 1. The lowest BCUT2D eigenvalue weighted by atomic mass is 9.78. The van der Waals surface area contributed by atoms with E-state index in [-0.39, 0.29) is 67.8 Å². The first-order valence-electron chi connectivity index (χ1n) is 27.2. The van der Waals surface area contributed by atoms with Gasteiger partial charge in [0.25, 0.3) is 11.7 Å². The third kappa shape index (κ3) is 18.4. The van der Waals surface area contributed by atoms with E-state index in [1.165, 1.54) is 12.0 Å². The van der Waals surface area contributed by atoms with Crippen LogP contribution in [0.3, 0.4) is 0 Å². The Morgan fingerprint density at radius 1 is 0.822 bits per heavy atom. The molecule has 1 aliphatic carbocycles. The second-order valence-corrected chi connectivity index (χ2v) is 21.5. The third-order valence-electron chi connectivity index (χ3n) is 15.5. The van der Waals surface area contributed by atoms with Crippen LogP contribution in [0.4, 0.5) is 0 Å². The van der Waals surface area contributed by atoms with Crippen molar-refractivity contribution < 1.29 is 72.5 Å². The molecule has 16 nitrogen and oxygen atoms in total. The van der Waals surface area contributed by atoms with Gasteiger partial charge in [0.1, 0.15) is 30.1 Å². The lowest BCUT2D eigenvalue weighted by Crippen LogP contribution is -2.61. The molecule has 1 saturated carbocycles. The number of hydrogen-bond donors (Lipinski definition) is 3. The Labute approximate surface area is 435 Å². The molecule has 0 aromatic rings. The number of aliphatic hydroxyl groups excluding tert-OH is 2. The molecule has 0 aromatic carbocycles. The number of piperidine rings is 1. The zero-order chi connectivity index (χ0) is 53.8. The van der Waals surface area contributed by atoms with Gasteiger partial charge in [-0.2, -0.15) is 0 Å². The summed E-state index contributed by atoms with van der Waals surface area (Å²) >= 11 is 0. The summed E-state index contributed by atoms with van der Waals surface area (Å²) in [7, 11) is 2.94. The summed E-state index contributed by atoms with van der Waals surface area (Å²) in [5.74, 6) is -8.18. The van der Waals surface area contributed by atoms with Crippen molar-refractivity contribution in [2.75, 3.05) is 53.8 Å². The molecule has 0 radical (unpaired) electrons. The van der Waals surface area contributed by atoms with Crippen LogP contribution in [0.1, 0.15) is 139 Å². The van der Waals surface area contributed by atoms with E-state index in [4.69, 9.17) is 33.2 Å². The van der Waals surface area contributed by atoms with Crippen LogP contribution in [0, 0.1) is 35.5 Å². The maximum absolute atomic E-state index is 14.5. The first-order chi connectivity index (χ1) is 34.7. The molecule has 3 N–H and O–H groups in total. The van der Waals surface area contributed by atoms with Crippen LogP contribution in [0.5, 0.6) is 0 Å². The summed E-state index contributed by atoms with van der Waals surface area (Å²) in [6.45, 7) is 16.9. The Kier molecular flexibility index (Phi) is 26.3. The normalized spacial score (nSPS) is 37.3. The number of methoxy groups -OCH3 is 2. The van der Waals surface area contributed by atoms with Crippen molar-refractivity contribution in [1.82, 2.24) is 4.90 Å². The van der Waals surface area contributed by atoms with Gasteiger partial charge in [0.05, 0.1) is 50.8 Å². The number of allylic oxidation sites excluding steroid dienone is 6. The molecule has 1 amide bonds. The SMILES string of the molecule is CCCOCCOCCOC1C[C@@H]2CC[C@@H](C)[C@@](O)(O2)C(=O)C(=O)N2CCCC[C@H]2C(=O)O[C@H]([C@H](C)C[C@@H]2CC[C@@H](O)[C@H](OC)C2)CC(=O)[C@H](C)/C=C(\C)[C@@H](O)[C@@H](OC)C(=O)[C@H](C)C[C@H](C)/C=C/C=C/C=C/1C. The van der Waals surface area contributed by atoms with Crippen LogP contribution < -0.4 is 0 Å². The van der Waals surface area contributed by atoms with E-state index < -0.39 is 83.9 Å². The van der Waals surface area contributed by atoms with Crippen molar-refractivity contribution in [3.63, 3.8) is 0 Å². The molecular formula is C57H91NO15. The molecule has 0 aromatic heterocycles. The summed E-state index contributed by atoms with van der Waals surface area (Å²) in [6.07, 6.45) is 11.7. The summed E-state index contributed by atoms with van der Waals surface area (Å²) in [5, 5.41) is 34.2. The highest BCUT2D eigenvalue weighted by Crippen LogP contribution is 2.38. The molecule has 16 heteroatoms. The average Bonchev–Trinajstić information content (AvgIpc) is 3.37. The second-order valence-electron chi connectivity index (χ2n) is 21.5. The molecule has 3 aliphatic heterocycles. The number of cyclic esters (lactones) is 1. The first-order valence-corrected chi connectivity index (χ1v) is 27.2. The van der Waals surface area contributed by atoms with Gasteiger partial charge in [-0.15, -0.1) is 0 Å². The van der Waals surface area contributed by atoms with Gasteiger partial charge in [0, 0.05) is 58.0 Å². The molecule has 2 bridgehead atoms. The highest BCUT2D eigenvalue weighted by molar-refractivity contribution is 6.39. The van der Waals surface area contributed by atoms with Gasteiger partial charge in [-0.1, -0.05) is 78.0 Å². The number of carbonyl (C=O) groups excluding carboxylic acids is 5. The molecule has 4 aliphatic rings. The van der Waals surface area contributed by atoms with Gasteiger partial charge in [0.2, 0.25) is 5.79 Å². The zero-order valence-corrected chi connectivity index (χ0v) is 45.7. The molecule has 3 fully saturated rings. The number of rotatable bonds is 14. The second kappa shape index (κ2) is 30.9. The maximum atomic E-state index is 14.5. The number of carbonyl (C=O) groups is 5. The Bertz CT molecular complexity index is 1900. The molecule has 0 spiro atoms. The van der Waals surface area contributed by atoms with E-state index in [0.717, 1.165) is 12.0 Å². The molecule has 2 saturated heterocycles. The fraction of sp³-hybridized carbons (Fsp3) is 0.772. The minimum absolute atomic E-state index is 0.00686. The number of fused-ring (bicyclic) bond motifs is 3. The number of ketones is 3. The first kappa shape index (κ1) is 62.1. The lowest BCUT2D eigenvalue weighted by molar-refractivity contribution is -0.266. The van der Waals surface area contributed by atoms with E-state index in [9.17, 15) is 39.3 Å². The van der Waals surface area contributed by atoms with Gasteiger partial charge in [-0.3, -0.25) is 19.2 Å². The number of aliphatic hydroxyl groups is 3. The number of nitrogens with zero attached hydrogens (tertiary/aromatic N) is 1.